The molecule has 1 N–H and O–H groups in total. The summed E-state index contributed by atoms with van der Waals surface area (Å²) < 4.78 is 41.3. The molecule has 0 heterocycles. The lowest BCUT2D eigenvalue weighted by Crippen LogP contribution is -2.31. The van der Waals surface area contributed by atoms with Crippen molar-refractivity contribution in [2.45, 2.75) is 30.6 Å². The molecule has 0 aliphatic heterocycles. The second kappa shape index (κ2) is 5.39. The summed E-state index contributed by atoms with van der Waals surface area (Å²) >= 11 is 3.12. The molecule has 0 aromatic heterocycles. The summed E-state index contributed by atoms with van der Waals surface area (Å²) in [6.45, 7) is 0.438. The van der Waals surface area contributed by atoms with Crippen molar-refractivity contribution in [1.82, 2.24) is 4.72 Å². The van der Waals surface area contributed by atoms with Gasteiger partial charge in [0.05, 0.1) is 0 Å². The quantitative estimate of drug-likeness (QED) is 0.844. The lowest BCUT2D eigenvalue weighted by atomic mass is 9.99. The van der Waals surface area contributed by atoms with Crippen LogP contribution in [0, 0.1) is 23.6 Å². The molecule has 0 radical (unpaired) electrons. The van der Waals surface area contributed by atoms with Crippen LogP contribution in [0.4, 0.5) is 4.39 Å². The minimum Gasteiger partial charge on any atom is -0.211 e. The van der Waals surface area contributed by atoms with Crippen LogP contribution in [0.15, 0.2) is 27.6 Å². The van der Waals surface area contributed by atoms with Crippen molar-refractivity contribution in [2.24, 2.45) is 17.8 Å². The highest BCUT2D eigenvalue weighted by Gasteiger charge is 2.41. The fourth-order valence-corrected chi connectivity index (χ4v) is 4.21. The minimum absolute atomic E-state index is 0.272. The molecule has 0 bridgehead atoms. The first-order chi connectivity index (χ1) is 9.47. The molecule has 2 aliphatic carbocycles. The zero-order chi connectivity index (χ0) is 14.3. The average Bonchev–Trinajstić information content (AvgIpc) is 3.23. The Kier molecular flexibility index (Phi) is 3.90. The van der Waals surface area contributed by atoms with Gasteiger partial charge in [0.2, 0.25) is 10.0 Å². The fraction of sp³-hybridized carbons (Fsp3) is 0.571. The first-order valence-electron chi connectivity index (χ1n) is 6.92. The molecule has 0 unspecified atom stereocenters. The van der Waals surface area contributed by atoms with Gasteiger partial charge in [-0.1, -0.05) is 15.9 Å². The van der Waals surface area contributed by atoms with Gasteiger partial charge in [0, 0.05) is 11.0 Å². The van der Waals surface area contributed by atoms with Crippen LogP contribution in [-0.4, -0.2) is 15.0 Å². The molecule has 1 aromatic rings. The van der Waals surface area contributed by atoms with Crippen LogP contribution in [0.2, 0.25) is 0 Å². The van der Waals surface area contributed by atoms with Gasteiger partial charge in [-0.25, -0.2) is 17.5 Å². The van der Waals surface area contributed by atoms with Crippen molar-refractivity contribution in [3.63, 3.8) is 0 Å². The van der Waals surface area contributed by atoms with E-state index in [1.807, 2.05) is 0 Å². The Labute approximate surface area is 127 Å². The molecule has 0 amide bonds. The summed E-state index contributed by atoms with van der Waals surface area (Å²) in [7, 11) is -3.76. The number of sulfonamides is 1. The lowest BCUT2D eigenvalue weighted by Gasteiger charge is -2.16. The normalized spacial score (nSPS) is 19.6. The zero-order valence-electron chi connectivity index (χ0n) is 11.0. The van der Waals surface area contributed by atoms with Gasteiger partial charge >= 0.3 is 0 Å². The summed E-state index contributed by atoms with van der Waals surface area (Å²) in [5.74, 6) is 1.05. The second-order valence-corrected chi connectivity index (χ2v) is 8.42. The summed E-state index contributed by atoms with van der Waals surface area (Å²) in [6.07, 6.45) is 4.82. The molecule has 110 valence electrons. The first-order valence-corrected chi connectivity index (χ1v) is 9.20. The predicted molar refractivity (Wildman–Crippen MR) is 78.2 cm³/mol. The van der Waals surface area contributed by atoms with Crippen LogP contribution in [0.1, 0.15) is 25.7 Å². The van der Waals surface area contributed by atoms with E-state index >= 15 is 0 Å². The van der Waals surface area contributed by atoms with E-state index in [2.05, 4.69) is 20.7 Å². The smallest absolute Gasteiger partial charge is 0.211 e. The van der Waals surface area contributed by atoms with E-state index in [-0.39, 0.29) is 4.90 Å². The molecule has 0 atom stereocenters. The van der Waals surface area contributed by atoms with Crippen molar-refractivity contribution in [2.75, 3.05) is 6.54 Å². The van der Waals surface area contributed by atoms with Crippen molar-refractivity contribution < 1.29 is 12.8 Å². The third-order valence-electron chi connectivity index (χ3n) is 4.15. The monoisotopic (exact) mass is 361 g/mol. The van der Waals surface area contributed by atoms with Crippen molar-refractivity contribution in [3.8, 4) is 0 Å². The summed E-state index contributed by atoms with van der Waals surface area (Å²) in [5.41, 5.74) is 0. The molecule has 1 aromatic carbocycles. The SMILES string of the molecule is O=S(=O)(NCC(C1CC1)C1CC1)c1ccc(Br)cc1F. The maximum atomic E-state index is 13.8. The van der Waals surface area contributed by atoms with Crippen molar-refractivity contribution in [1.29, 1.82) is 0 Å². The van der Waals surface area contributed by atoms with Crippen molar-refractivity contribution in [3.05, 3.63) is 28.5 Å². The molecule has 20 heavy (non-hydrogen) atoms. The Morgan fingerprint density at radius 1 is 1.25 bits per heavy atom. The van der Waals surface area contributed by atoms with Gasteiger partial charge in [-0.2, -0.15) is 0 Å². The van der Waals surface area contributed by atoms with E-state index < -0.39 is 15.8 Å². The highest BCUT2D eigenvalue weighted by molar-refractivity contribution is 9.10. The van der Waals surface area contributed by atoms with Gasteiger partial charge < -0.3 is 0 Å². The molecular weight excluding hydrogens is 345 g/mol. The van der Waals surface area contributed by atoms with E-state index in [4.69, 9.17) is 0 Å². The predicted octanol–water partition coefficient (Wildman–Crippen LogP) is 3.30. The average molecular weight is 362 g/mol. The molecule has 3 nitrogen and oxygen atoms in total. The maximum Gasteiger partial charge on any atom is 0.243 e. The molecule has 2 fully saturated rings. The highest BCUT2D eigenvalue weighted by Crippen LogP contribution is 2.48. The molecule has 2 aliphatic rings. The Balaban J connectivity index is 1.71. The van der Waals surface area contributed by atoms with Crippen molar-refractivity contribution >= 4 is 26.0 Å². The number of rotatable bonds is 6. The van der Waals surface area contributed by atoms with E-state index in [1.165, 1.54) is 43.9 Å². The number of halogens is 2. The van der Waals surface area contributed by atoms with Crippen LogP contribution >= 0.6 is 15.9 Å². The number of hydrogen-bond acceptors (Lipinski definition) is 2. The zero-order valence-corrected chi connectivity index (χ0v) is 13.4. The van der Waals surface area contributed by atoms with E-state index in [0.717, 1.165) is 0 Å². The molecule has 6 heteroatoms. The van der Waals surface area contributed by atoms with Crippen LogP contribution < -0.4 is 4.72 Å². The molecule has 0 spiro atoms. The van der Waals surface area contributed by atoms with Gasteiger partial charge in [0.25, 0.3) is 0 Å². The van der Waals surface area contributed by atoms with Gasteiger partial charge in [-0.3, -0.25) is 0 Å². The van der Waals surface area contributed by atoms with Crippen LogP contribution in [0.25, 0.3) is 0 Å². The second-order valence-electron chi connectivity index (χ2n) is 5.77. The van der Waals surface area contributed by atoms with Crippen LogP contribution in [-0.2, 0) is 10.0 Å². The molecule has 3 rings (SSSR count). The van der Waals surface area contributed by atoms with E-state index in [9.17, 15) is 12.8 Å². The van der Waals surface area contributed by atoms with E-state index in [0.29, 0.717) is 28.8 Å². The first kappa shape index (κ1) is 14.5. The van der Waals surface area contributed by atoms with E-state index in [1.54, 1.807) is 0 Å². The van der Waals surface area contributed by atoms with Gasteiger partial charge in [0.1, 0.15) is 10.7 Å². The Morgan fingerprint density at radius 3 is 2.35 bits per heavy atom. The topological polar surface area (TPSA) is 46.2 Å². The number of hydrogen-bond donors (Lipinski definition) is 1. The highest BCUT2D eigenvalue weighted by atomic mass is 79.9. The summed E-state index contributed by atoms with van der Waals surface area (Å²) in [6, 6.07) is 4.01. The lowest BCUT2D eigenvalue weighted by molar-refractivity contribution is 0.401. The molecule has 2 saturated carbocycles. The largest absolute Gasteiger partial charge is 0.243 e. The third-order valence-corrected chi connectivity index (χ3v) is 6.10. The Morgan fingerprint density at radius 2 is 1.85 bits per heavy atom. The maximum absolute atomic E-state index is 13.8. The number of benzene rings is 1. The summed E-state index contributed by atoms with van der Waals surface area (Å²) in [4.78, 5) is -0.272. The van der Waals surface area contributed by atoms with Gasteiger partial charge in [-0.15, -0.1) is 0 Å². The molecule has 0 saturated heterocycles. The Hall–Kier alpha value is -0.460. The van der Waals surface area contributed by atoms with Crippen LogP contribution in [0.3, 0.4) is 0 Å². The number of nitrogens with one attached hydrogen (secondary N) is 1. The third kappa shape index (κ3) is 3.23. The minimum atomic E-state index is -3.76. The van der Waals surface area contributed by atoms with Crippen LogP contribution in [0.5, 0.6) is 0 Å². The Bertz CT molecular complexity index is 600. The van der Waals surface area contributed by atoms with Gasteiger partial charge in [0.15, 0.2) is 0 Å². The standard InChI is InChI=1S/C14H17BrFNO2S/c15-11-5-6-14(13(16)7-11)20(18,19)17-8-12(9-1-2-9)10-3-4-10/h5-7,9-10,12,17H,1-4,8H2. The summed E-state index contributed by atoms with van der Waals surface area (Å²) in [5, 5.41) is 0. The fourth-order valence-electron chi connectivity index (χ4n) is 2.74. The molecular formula is C14H17BrFNO2S. The van der Waals surface area contributed by atoms with Gasteiger partial charge in [-0.05, 0) is 61.6 Å².